The molecule has 0 saturated heterocycles. The molecule has 1 heterocycles. The quantitative estimate of drug-likeness (QED) is 0.708. The number of para-hydroxylation sites is 1. The number of aromatic nitrogens is 1. The number of nitrogens with zero attached hydrogens (tertiary/aromatic N) is 1. The van der Waals surface area contributed by atoms with Crippen LogP contribution in [0.3, 0.4) is 0 Å². The Morgan fingerprint density at radius 3 is 3.15 bits per heavy atom. The van der Waals surface area contributed by atoms with Crippen LogP contribution in [0.1, 0.15) is 11.3 Å². The first kappa shape index (κ1) is 8.22. The van der Waals surface area contributed by atoms with Crippen molar-refractivity contribution in [2.24, 2.45) is 5.90 Å². The van der Waals surface area contributed by atoms with Crippen molar-refractivity contribution in [2.75, 3.05) is 0 Å². The Balaban J connectivity index is 2.63. The van der Waals surface area contributed by atoms with Gasteiger partial charge in [-0.15, -0.1) is 0 Å². The summed E-state index contributed by atoms with van der Waals surface area (Å²) >= 11 is 0. The first-order valence-corrected chi connectivity index (χ1v) is 3.98. The summed E-state index contributed by atoms with van der Waals surface area (Å²) in [6, 6.07) is 5.79. The number of fused-ring (bicyclic) bond motifs is 1. The van der Waals surface area contributed by atoms with Crippen LogP contribution in [0.25, 0.3) is 11.0 Å². The fourth-order valence-electron chi connectivity index (χ4n) is 1.34. The molecule has 0 bridgehead atoms. The van der Waals surface area contributed by atoms with Crippen molar-refractivity contribution in [1.29, 1.82) is 0 Å². The molecule has 0 spiro atoms. The highest BCUT2D eigenvalue weighted by molar-refractivity contribution is 5.82. The third kappa shape index (κ3) is 1.30. The molecule has 4 heteroatoms. The van der Waals surface area contributed by atoms with Crippen molar-refractivity contribution in [1.82, 2.24) is 5.16 Å². The Morgan fingerprint density at radius 2 is 2.38 bits per heavy atom. The van der Waals surface area contributed by atoms with E-state index in [9.17, 15) is 0 Å². The van der Waals surface area contributed by atoms with Crippen LogP contribution < -0.4 is 5.90 Å². The van der Waals surface area contributed by atoms with Crippen LogP contribution >= 0.6 is 0 Å². The lowest BCUT2D eigenvalue weighted by Crippen LogP contribution is -1.98. The van der Waals surface area contributed by atoms with E-state index in [4.69, 9.17) is 10.4 Å². The maximum absolute atomic E-state index is 5.15. The van der Waals surface area contributed by atoms with E-state index >= 15 is 0 Å². The molecule has 0 aliphatic heterocycles. The SMILES string of the molecule is Cc1noc2c(CON)cccc12. The zero-order valence-corrected chi connectivity index (χ0v) is 7.28. The Kier molecular flexibility index (Phi) is 2.00. The average Bonchev–Trinajstić information content (AvgIpc) is 2.50. The summed E-state index contributed by atoms with van der Waals surface area (Å²) in [5.41, 5.74) is 2.56. The predicted octanol–water partition coefficient (Wildman–Crippen LogP) is 1.53. The van der Waals surface area contributed by atoms with Crippen LogP contribution in [-0.4, -0.2) is 5.16 Å². The van der Waals surface area contributed by atoms with Gasteiger partial charge in [0.05, 0.1) is 12.3 Å². The third-order valence-electron chi connectivity index (χ3n) is 2.00. The van der Waals surface area contributed by atoms with Crippen LogP contribution in [-0.2, 0) is 11.4 Å². The minimum Gasteiger partial charge on any atom is -0.356 e. The number of hydrogen-bond donors (Lipinski definition) is 1. The summed E-state index contributed by atoms with van der Waals surface area (Å²) in [4.78, 5) is 4.56. The molecule has 2 rings (SSSR count). The molecule has 4 nitrogen and oxygen atoms in total. The summed E-state index contributed by atoms with van der Waals surface area (Å²) < 4.78 is 5.15. The third-order valence-corrected chi connectivity index (χ3v) is 2.00. The van der Waals surface area contributed by atoms with Gasteiger partial charge >= 0.3 is 0 Å². The average molecular weight is 178 g/mol. The number of nitrogens with two attached hydrogens (primary N) is 1. The molecule has 68 valence electrons. The second-order valence-corrected chi connectivity index (χ2v) is 2.87. The van der Waals surface area contributed by atoms with Crippen LogP contribution in [0.15, 0.2) is 22.7 Å². The van der Waals surface area contributed by atoms with E-state index < -0.39 is 0 Å². The minimum atomic E-state index is 0.339. The molecule has 1 aromatic heterocycles. The highest BCUT2D eigenvalue weighted by Crippen LogP contribution is 2.21. The van der Waals surface area contributed by atoms with Gasteiger partial charge in [0.1, 0.15) is 0 Å². The number of benzene rings is 1. The zero-order valence-electron chi connectivity index (χ0n) is 7.28. The first-order chi connectivity index (χ1) is 6.33. The van der Waals surface area contributed by atoms with Crippen molar-refractivity contribution in [3.63, 3.8) is 0 Å². The van der Waals surface area contributed by atoms with Gasteiger partial charge in [0.2, 0.25) is 0 Å². The van der Waals surface area contributed by atoms with Crippen LogP contribution in [0.5, 0.6) is 0 Å². The van der Waals surface area contributed by atoms with Gasteiger partial charge < -0.3 is 4.52 Å². The lowest BCUT2D eigenvalue weighted by Gasteiger charge is -1.97. The van der Waals surface area contributed by atoms with Gasteiger partial charge in [-0.25, -0.2) is 5.90 Å². The molecule has 0 fully saturated rings. The van der Waals surface area contributed by atoms with Crippen molar-refractivity contribution >= 4 is 11.0 Å². The smallest absolute Gasteiger partial charge is 0.172 e. The van der Waals surface area contributed by atoms with E-state index in [0.717, 1.165) is 22.2 Å². The lowest BCUT2D eigenvalue weighted by atomic mass is 10.1. The molecule has 0 aliphatic carbocycles. The van der Waals surface area contributed by atoms with Gasteiger partial charge in [0.15, 0.2) is 5.58 Å². The molecule has 0 saturated carbocycles. The van der Waals surface area contributed by atoms with Gasteiger partial charge in [-0.05, 0) is 13.0 Å². The summed E-state index contributed by atoms with van der Waals surface area (Å²) in [5, 5.41) is 4.88. The molecule has 0 amide bonds. The second-order valence-electron chi connectivity index (χ2n) is 2.87. The van der Waals surface area contributed by atoms with E-state index in [1.807, 2.05) is 25.1 Å². The number of aryl methyl sites for hydroxylation is 1. The standard InChI is InChI=1S/C9H10N2O2/c1-6-8-4-2-3-7(5-12-10)9(8)13-11-6/h2-4H,5,10H2,1H3. The summed E-state index contributed by atoms with van der Waals surface area (Å²) in [7, 11) is 0. The number of hydrogen-bond acceptors (Lipinski definition) is 4. The van der Waals surface area contributed by atoms with E-state index in [0.29, 0.717) is 6.61 Å². The maximum Gasteiger partial charge on any atom is 0.172 e. The molecule has 0 atom stereocenters. The van der Waals surface area contributed by atoms with Gasteiger partial charge in [-0.1, -0.05) is 17.3 Å². The molecule has 0 radical (unpaired) electrons. The largest absolute Gasteiger partial charge is 0.356 e. The molecule has 2 aromatic rings. The van der Waals surface area contributed by atoms with Gasteiger partial charge in [-0.2, -0.15) is 0 Å². The fourth-order valence-corrected chi connectivity index (χ4v) is 1.34. The summed E-state index contributed by atoms with van der Waals surface area (Å²) in [6.07, 6.45) is 0. The van der Waals surface area contributed by atoms with Crippen LogP contribution in [0.2, 0.25) is 0 Å². The van der Waals surface area contributed by atoms with Gasteiger partial charge in [0, 0.05) is 10.9 Å². The normalized spacial score (nSPS) is 10.9. The summed E-state index contributed by atoms with van der Waals surface area (Å²) in [6.45, 7) is 2.24. The minimum absolute atomic E-state index is 0.339. The van der Waals surface area contributed by atoms with E-state index in [1.165, 1.54) is 0 Å². The molecule has 2 N–H and O–H groups in total. The fraction of sp³-hybridized carbons (Fsp3) is 0.222. The van der Waals surface area contributed by atoms with Gasteiger partial charge in [0.25, 0.3) is 0 Å². The Hall–Kier alpha value is -1.39. The van der Waals surface area contributed by atoms with Crippen LogP contribution in [0.4, 0.5) is 0 Å². The summed E-state index contributed by atoms with van der Waals surface area (Å²) in [5.74, 6) is 5.00. The monoisotopic (exact) mass is 178 g/mol. The van der Waals surface area contributed by atoms with E-state index in [-0.39, 0.29) is 0 Å². The topological polar surface area (TPSA) is 61.3 Å². The molecule has 13 heavy (non-hydrogen) atoms. The molecule has 1 aromatic carbocycles. The Labute approximate surface area is 75.2 Å². The zero-order chi connectivity index (χ0) is 9.26. The molecule has 0 aliphatic rings. The van der Waals surface area contributed by atoms with Crippen molar-refractivity contribution < 1.29 is 9.36 Å². The van der Waals surface area contributed by atoms with E-state index in [2.05, 4.69) is 9.99 Å². The molecular formula is C9H10N2O2. The Bertz CT molecular complexity index is 422. The number of rotatable bonds is 2. The van der Waals surface area contributed by atoms with Crippen molar-refractivity contribution in [3.8, 4) is 0 Å². The maximum atomic E-state index is 5.15. The predicted molar refractivity (Wildman–Crippen MR) is 47.7 cm³/mol. The highest BCUT2D eigenvalue weighted by Gasteiger charge is 2.07. The lowest BCUT2D eigenvalue weighted by molar-refractivity contribution is 0.124. The van der Waals surface area contributed by atoms with Crippen LogP contribution in [0, 0.1) is 6.92 Å². The molecule has 0 unspecified atom stereocenters. The van der Waals surface area contributed by atoms with Crippen molar-refractivity contribution in [3.05, 3.63) is 29.5 Å². The Morgan fingerprint density at radius 1 is 1.54 bits per heavy atom. The highest BCUT2D eigenvalue weighted by atomic mass is 16.6. The van der Waals surface area contributed by atoms with Gasteiger partial charge in [-0.3, -0.25) is 4.84 Å². The molecular weight excluding hydrogens is 168 g/mol. The van der Waals surface area contributed by atoms with E-state index in [1.54, 1.807) is 0 Å². The van der Waals surface area contributed by atoms with Crippen molar-refractivity contribution in [2.45, 2.75) is 13.5 Å². The second kappa shape index (κ2) is 3.16. The first-order valence-electron chi connectivity index (χ1n) is 3.98.